The fourth-order valence-corrected chi connectivity index (χ4v) is 1.42. The van der Waals surface area contributed by atoms with Crippen molar-refractivity contribution in [1.82, 2.24) is 4.90 Å². The maximum absolute atomic E-state index is 10.5. The van der Waals surface area contributed by atoms with E-state index >= 15 is 0 Å². The van der Waals surface area contributed by atoms with Crippen LogP contribution in [0.4, 0.5) is 4.79 Å². The molecule has 0 aromatic heterocycles. The Morgan fingerprint density at radius 3 is 2.75 bits per heavy atom. The maximum Gasteiger partial charge on any atom is 0.407 e. The molecule has 1 heterocycles. The van der Waals surface area contributed by atoms with Crippen molar-refractivity contribution >= 4 is 6.09 Å². The van der Waals surface area contributed by atoms with E-state index < -0.39 is 12.1 Å². The van der Waals surface area contributed by atoms with E-state index in [1.807, 2.05) is 6.07 Å². The smallest absolute Gasteiger partial charge is 0.407 e. The van der Waals surface area contributed by atoms with Crippen LogP contribution in [-0.4, -0.2) is 40.4 Å². The molecule has 5 heteroatoms. The van der Waals surface area contributed by atoms with Gasteiger partial charge in [-0.1, -0.05) is 0 Å². The molecule has 1 saturated heterocycles. The van der Waals surface area contributed by atoms with Crippen LogP contribution in [0.2, 0.25) is 0 Å². The largest absolute Gasteiger partial charge is 0.465 e. The Kier molecular flexibility index (Phi) is 2.51. The molecular formula is C7H10N2O3. The van der Waals surface area contributed by atoms with Gasteiger partial charge in [-0.2, -0.15) is 5.26 Å². The van der Waals surface area contributed by atoms with Gasteiger partial charge < -0.3 is 15.1 Å². The van der Waals surface area contributed by atoms with Gasteiger partial charge >= 0.3 is 6.09 Å². The first-order valence-electron chi connectivity index (χ1n) is 3.69. The van der Waals surface area contributed by atoms with Gasteiger partial charge in [0.25, 0.3) is 0 Å². The molecule has 1 rings (SSSR count). The van der Waals surface area contributed by atoms with Gasteiger partial charge in [-0.25, -0.2) is 4.79 Å². The van der Waals surface area contributed by atoms with Gasteiger partial charge in [0.05, 0.1) is 24.6 Å². The van der Waals surface area contributed by atoms with Crippen molar-refractivity contribution in [3.8, 4) is 6.07 Å². The lowest BCUT2D eigenvalue weighted by molar-refractivity contribution is 0.118. The summed E-state index contributed by atoms with van der Waals surface area (Å²) in [5, 5.41) is 25.9. The van der Waals surface area contributed by atoms with Crippen molar-refractivity contribution < 1.29 is 15.0 Å². The van der Waals surface area contributed by atoms with Crippen LogP contribution in [0.1, 0.15) is 6.42 Å². The van der Waals surface area contributed by atoms with Gasteiger partial charge in [0.1, 0.15) is 0 Å². The number of nitriles is 1. The molecule has 0 aromatic rings. The summed E-state index contributed by atoms with van der Waals surface area (Å²) in [6, 6.07) is 1.60. The summed E-state index contributed by atoms with van der Waals surface area (Å²) in [5.74, 6) is -0.266. The summed E-state index contributed by atoms with van der Waals surface area (Å²) in [6.45, 7) is 0.0154. The van der Waals surface area contributed by atoms with E-state index in [-0.39, 0.29) is 19.1 Å². The molecule has 2 N–H and O–H groups in total. The number of nitrogens with zero attached hydrogens (tertiary/aromatic N) is 2. The number of amides is 1. The monoisotopic (exact) mass is 170 g/mol. The number of rotatable bonds is 1. The van der Waals surface area contributed by atoms with Crippen molar-refractivity contribution in [3.63, 3.8) is 0 Å². The highest BCUT2D eigenvalue weighted by Crippen LogP contribution is 2.21. The second-order valence-corrected chi connectivity index (χ2v) is 2.83. The van der Waals surface area contributed by atoms with Crippen LogP contribution in [0.15, 0.2) is 0 Å². The number of likely N-dealkylation sites (tertiary alicyclic amines) is 1. The fraction of sp³-hybridized carbons (Fsp3) is 0.714. The third-order valence-corrected chi connectivity index (χ3v) is 2.05. The second kappa shape index (κ2) is 3.41. The lowest BCUT2D eigenvalue weighted by atomic mass is 10.1. The van der Waals surface area contributed by atoms with E-state index in [2.05, 4.69) is 0 Å². The maximum atomic E-state index is 10.5. The first-order valence-corrected chi connectivity index (χ1v) is 3.69. The van der Waals surface area contributed by atoms with Crippen molar-refractivity contribution in [2.24, 2.45) is 5.92 Å². The van der Waals surface area contributed by atoms with Gasteiger partial charge in [0.2, 0.25) is 0 Å². The quantitative estimate of drug-likeness (QED) is 0.574. The zero-order valence-corrected chi connectivity index (χ0v) is 6.47. The highest BCUT2D eigenvalue weighted by molar-refractivity contribution is 5.66. The van der Waals surface area contributed by atoms with Gasteiger partial charge in [-0.05, 0) is 6.42 Å². The van der Waals surface area contributed by atoms with E-state index in [1.165, 1.54) is 0 Å². The van der Waals surface area contributed by atoms with E-state index in [0.717, 1.165) is 4.90 Å². The summed E-state index contributed by atoms with van der Waals surface area (Å²) in [7, 11) is 0. The van der Waals surface area contributed by atoms with Crippen LogP contribution in [-0.2, 0) is 0 Å². The lowest BCUT2D eigenvalue weighted by Crippen LogP contribution is -2.36. The molecule has 1 amide bonds. The molecule has 2 atom stereocenters. The third-order valence-electron chi connectivity index (χ3n) is 2.05. The number of hydrogen-bond donors (Lipinski definition) is 2. The molecule has 1 aliphatic heterocycles. The standard InChI is InChI=1S/C7H10N2O3/c8-2-5-1-6(4-10)9(3-5)7(11)12/h5-6,10H,1,3-4H2,(H,11,12)/t5-,6-/m0/s1. The lowest BCUT2D eigenvalue weighted by Gasteiger charge is -2.18. The first kappa shape index (κ1) is 8.81. The third kappa shape index (κ3) is 1.48. The van der Waals surface area contributed by atoms with Crippen molar-refractivity contribution in [3.05, 3.63) is 0 Å². The molecule has 0 aromatic carbocycles. The molecule has 1 fully saturated rings. The molecule has 0 saturated carbocycles. The summed E-state index contributed by atoms with van der Waals surface area (Å²) < 4.78 is 0. The van der Waals surface area contributed by atoms with Crippen LogP contribution in [0.5, 0.6) is 0 Å². The zero-order chi connectivity index (χ0) is 9.14. The van der Waals surface area contributed by atoms with E-state index in [0.29, 0.717) is 6.42 Å². The van der Waals surface area contributed by atoms with Gasteiger partial charge in [0, 0.05) is 6.54 Å². The van der Waals surface area contributed by atoms with Crippen molar-refractivity contribution in [1.29, 1.82) is 5.26 Å². The Morgan fingerprint density at radius 2 is 2.42 bits per heavy atom. The zero-order valence-electron chi connectivity index (χ0n) is 6.47. The normalized spacial score (nSPS) is 28.5. The van der Waals surface area contributed by atoms with Crippen LogP contribution in [0.25, 0.3) is 0 Å². The molecule has 1 aliphatic rings. The minimum Gasteiger partial charge on any atom is -0.465 e. The minimum absolute atomic E-state index is 0.204. The van der Waals surface area contributed by atoms with Gasteiger partial charge in [-0.15, -0.1) is 0 Å². The Hall–Kier alpha value is -1.28. The Bertz CT molecular complexity index is 223. The topological polar surface area (TPSA) is 84.6 Å². The predicted octanol–water partition coefficient (Wildman–Crippen LogP) is -0.129. The minimum atomic E-state index is -1.06. The van der Waals surface area contributed by atoms with E-state index in [9.17, 15) is 4.79 Å². The highest BCUT2D eigenvalue weighted by Gasteiger charge is 2.34. The molecule has 0 aliphatic carbocycles. The average molecular weight is 170 g/mol. The van der Waals surface area contributed by atoms with Crippen LogP contribution in [0, 0.1) is 17.2 Å². The number of carbonyl (C=O) groups is 1. The van der Waals surface area contributed by atoms with Crippen LogP contribution >= 0.6 is 0 Å². The first-order chi connectivity index (χ1) is 5.69. The molecular weight excluding hydrogens is 160 g/mol. The molecule has 66 valence electrons. The van der Waals surface area contributed by atoms with Crippen LogP contribution < -0.4 is 0 Å². The van der Waals surface area contributed by atoms with Gasteiger partial charge in [-0.3, -0.25) is 0 Å². The molecule has 0 spiro atoms. The molecule has 12 heavy (non-hydrogen) atoms. The average Bonchev–Trinajstić information content (AvgIpc) is 2.47. The Balaban J connectivity index is 2.64. The fourth-order valence-electron chi connectivity index (χ4n) is 1.42. The number of carboxylic acid groups (broad SMARTS) is 1. The second-order valence-electron chi connectivity index (χ2n) is 2.83. The molecule has 0 bridgehead atoms. The summed E-state index contributed by atoms with van der Waals surface area (Å²) in [4.78, 5) is 11.7. The Morgan fingerprint density at radius 1 is 1.75 bits per heavy atom. The van der Waals surface area contributed by atoms with Crippen LogP contribution in [0.3, 0.4) is 0 Å². The van der Waals surface area contributed by atoms with Crippen molar-refractivity contribution in [2.75, 3.05) is 13.2 Å². The predicted molar refractivity (Wildman–Crippen MR) is 39.3 cm³/mol. The molecule has 0 unspecified atom stereocenters. The Labute approximate surface area is 69.8 Å². The van der Waals surface area contributed by atoms with Gasteiger partial charge in [0.15, 0.2) is 0 Å². The molecule has 0 radical (unpaired) electrons. The summed E-state index contributed by atoms with van der Waals surface area (Å²) >= 11 is 0. The summed E-state index contributed by atoms with van der Waals surface area (Å²) in [5.41, 5.74) is 0. The number of aliphatic hydroxyl groups excluding tert-OH is 1. The molecule has 5 nitrogen and oxygen atoms in total. The number of aliphatic hydroxyl groups is 1. The van der Waals surface area contributed by atoms with E-state index in [1.54, 1.807) is 0 Å². The van der Waals surface area contributed by atoms with E-state index in [4.69, 9.17) is 15.5 Å². The SMILES string of the molecule is N#C[C@@H]1C[C@@H](CO)N(C(=O)O)C1. The number of hydrogen-bond acceptors (Lipinski definition) is 3. The van der Waals surface area contributed by atoms with Crippen molar-refractivity contribution in [2.45, 2.75) is 12.5 Å². The highest BCUT2D eigenvalue weighted by atomic mass is 16.4. The summed E-state index contributed by atoms with van der Waals surface area (Å²) in [6.07, 6.45) is -0.619.